The highest BCUT2D eigenvalue weighted by Gasteiger charge is 2.21. The van der Waals surface area contributed by atoms with Gasteiger partial charge in [-0.05, 0) is 109 Å². The zero-order chi connectivity index (χ0) is 40.9. The van der Waals surface area contributed by atoms with Crippen LogP contribution in [0.5, 0.6) is 0 Å². The van der Waals surface area contributed by atoms with Gasteiger partial charge in [0.25, 0.3) is 11.8 Å². The summed E-state index contributed by atoms with van der Waals surface area (Å²) in [5.41, 5.74) is 9.56. The number of nitrogens with one attached hydrogen (secondary N) is 2. The van der Waals surface area contributed by atoms with Crippen LogP contribution >= 0.6 is 0 Å². The highest BCUT2D eigenvalue weighted by atomic mass is 16.5. The van der Waals surface area contributed by atoms with E-state index in [2.05, 4.69) is 39.1 Å². The number of carbonyl (C=O) groups excluding carboxylic acids is 2. The molecular weight excluding hydrogens is 733 g/mol. The number of nitrogens with zero attached hydrogens (tertiary/aromatic N) is 4. The maximum Gasteiger partial charge on any atom is 0.337 e. The smallest absolute Gasteiger partial charge is 0.337 e. The second kappa shape index (κ2) is 16.2. The van der Waals surface area contributed by atoms with E-state index in [-0.39, 0.29) is 34.1 Å². The summed E-state index contributed by atoms with van der Waals surface area (Å²) in [6.07, 6.45) is 0. The first kappa shape index (κ1) is 37.9. The molecule has 8 aromatic rings. The van der Waals surface area contributed by atoms with Gasteiger partial charge in [-0.2, -0.15) is 10.5 Å². The fraction of sp³-hybridized carbons (Fsp3) is 0.0652. The Labute approximate surface area is 331 Å². The minimum absolute atomic E-state index is 0.0414. The molecule has 6 aromatic carbocycles. The number of hydrogen-bond donors (Lipinski definition) is 3. The van der Waals surface area contributed by atoms with Crippen LogP contribution in [0.15, 0.2) is 130 Å². The maximum atomic E-state index is 12.8. The van der Waals surface area contributed by atoms with E-state index >= 15 is 0 Å². The van der Waals surface area contributed by atoms with E-state index in [1.165, 1.54) is 23.8 Å². The number of aromatic carboxylic acids is 1. The first-order valence-electron chi connectivity index (χ1n) is 17.8. The molecule has 3 N–H and O–H groups in total. The Balaban J connectivity index is 0.000000177. The first-order chi connectivity index (χ1) is 28.0. The van der Waals surface area contributed by atoms with Gasteiger partial charge in [0.1, 0.15) is 0 Å². The third-order valence-corrected chi connectivity index (χ3v) is 9.37. The van der Waals surface area contributed by atoms with Crippen LogP contribution in [-0.4, -0.2) is 33.2 Å². The van der Waals surface area contributed by atoms with Crippen molar-refractivity contribution in [1.82, 2.24) is 10.3 Å². The predicted octanol–water partition coefficient (Wildman–Crippen LogP) is 9.86. The molecule has 0 saturated carbocycles. The standard InChI is InChI=1S/C23H15N3O4.C23H17N3O2/c1-13-2-5-15(6-3-13)16-7-9-20-18(11-16)21(26-30-20)22(27)25-19-8-4-14(12-24)10-17(19)23(28)29;1-14-3-6-17(7-4-14)18-8-10-21-19(12-18)22(26-28-21)23(27)25-20-9-5-16(13-24)11-15(20)2/h2-11H,1H3,(H,25,27)(H,28,29);3-12H,1-2H3,(H,25,27). The van der Waals surface area contributed by atoms with Gasteiger partial charge in [0.05, 0.1) is 45.3 Å². The Kier molecular flexibility index (Phi) is 10.6. The van der Waals surface area contributed by atoms with Crippen LogP contribution in [0.25, 0.3) is 44.2 Å². The third-order valence-electron chi connectivity index (χ3n) is 9.37. The molecule has 12 nitrogen and oxygen atoms in total. The van der Waals surface area contributed by atoms with Crippen LogP contribution in [0.2, 0.25) is 0 Å². The summed E-state index contributed by atoms with van der Waals surface area (Å²) in [7, 11) is 0. The molecular formula is C46H32N6O6. The van der Waals surface area contributed by atoms with Crippen molar-refractivity contribution in [2.24, 2.45) is 0 Å². The number of hydrogen-bond acceptors (Lipinski definition) is 9. The Morgan fingerprint density at radius 2 is 0.983 bits per heavy atom. The van der Waals surface area contributed by atoms with E-state index in [0.717, 1.165) is 33.4 Å². The number of aryl methyl sites for hydroxylation is 3. The monoisotopic (exact) mass is 764 g/mol. The van der Waals surface area contributed by atoms with Crippen molar-refractivity contribution in [3.05, 3.63) is 166 Å². The van der Waals surface area contributed by atoms with E-state index in [1.54, 1.807) is 24.3 Å². The molecule has 0 aliphatic carbocycles. The molecule has 0 radical (unpaired) electrons. The van der Waals surface area contributed by atoms with Gasteiger partial charge < -0.3 is 24.8 Å². The van der Waals surface area contributed by atoms with Crippen molar-refractivity contribution in [2.45, 2.75) is 20.8 Å². The highest BCUT2D eigenvalue weighted by Crippen LogP contribution is 2.30. The largest absolute Gasteiger partial charge is 0.478 e. The molecule has 0 bridgehead atoms. The number of aromatic nitrogens is 2. The van der Waals surface area contributed by atoms with Crippen molar-refractivity contribution in [3.8, 4) is 34.4 Å². The van der Waals surface area contributed by atoms with Crippen molar-refractivity contribution in [3.63, 3.8) is 0 Å². The van der Waals surface area contributed by atoms with Gasteiger partial charge in [-0.1, -0.05) is 82.1 Å². The number of amides is 2. The SMILES string of the molecule is Cc1ccc(-c2ccc3onc(C(=O)Nc4ccc(C#N)cc4C(=O)O)c3c2)cc1.Cc1ccc(-c2ccc3onc(C(=O)Nc4ccc(C#N)cc4C)c3c2)cc1. The number of fused-ring (bicyclic) bond motifs is 2. The summed E-state index contributed by atoms with van der Waals surface area (Å²) in [4.78, 5) is 37.1. The Bertz CT molecular complexity index is 2970. The minimum Gasteiger partial charge on any atom is -0.478 e. The van der Waals surface area contributed by atoms with Crippen molar-refractivity contribution < 1.29 is 28.5 Å². The number of carboxylic acids is 1. The molecule has 0 saturated heterocycles. The Morgan fingerprint density at radius 1 is 0.552 bits per heavy atom. The fourth-order valence-electron chi connectivity index (χ4n) is 6.19. The molecule has 0 aliphatic heterocycles. The highest BCUT2D eigenvalue weighted by molar-refractivity contribution is 6.13. The second-order valence-electron chi connectivity index (χ2n) is 13.4. The molecule has 0 aliphatic rings. The van der Waals surface area contributed by atoms with Gasteiger partial charge in [-0.25, -0.2) is 4.79 Å². The predicted molar refractivity (Wildman–Crippen MR) is 218 cm³/mol. The topological polar surface area (TPSA) is 195 Å². The molecule has 0 unspecified atom stereocenters. The minimum atomic E-state index is -1.26. The van der Waals surface area contributed by atoms with E-state index in [9.17, 15) is 19.5 Å². The summed E-state index contributed by atoms with van der Waals surface area (Å²) in [5, 5.41) is 41.7. The fourth-order valence-corrected chi connectivity index (χ4v) is 6.19. The van der Waals surface area contributed by atoms with E-state index in [4.69, 9.17) is 19.6 Å². The number of anilines is 2. The normalized spacial score (nSPS) is 10.6. The quantitative estimate of drug-likeness (QED) is 0.141. The summed E-state index contributed by atoms with van der Waals surface area (Å²) in [5.74, 6) is -2.22. The first-order valence-corrected chi connectivity index (χ1v) is 17.8. The zero-order valence-corrected chi connectivity index (χ0v) is 31.3. The molecule has 58 heavy (non-hydrogen) atoms. The van der Waals surface area contributed by atoms with Crippen molar-refractivity contribution in [1.29, 1.82) is 10.5 Å². The lowest BCUT2D eigenvalue weighted by atomic mass is 10.0. The molecule has 0 atom stereocenters. The number of carbonyl (C=O) groups is 3. The molecule has 282 valence electrons. The van der Waals surface area contributed by atoms with Gasteiger partial charge in [0, 0.05) is 5.69 Å². The summed E-state index contributed by atoms with van der Waals surface area (Å²) in [6, 6.07) is 40.3. The summed E-state index contributed by atoms with van der Waals surface area (Å²) in [6.45, 7) is 5.89. The van der Waals surface area contributed by atoms with E-state index in [0.29, 0.717) is 33.2 Å². The summed E-state index contributed by atoms with van der Waals surface area (Å²) >= 11 is 0. The van der Waals surface area contributed by atoms with Gasteiger partial charge >= 0.3 is 5.97 Å². The molecule has 2 heterocycles. The van der Waals surface area contributed by atoms with Gasteiger partial charge in [-0.15, -0.1) is 0 Å². The number of nitriles is 2. The van der Waals surface area contributed by atoms with Crippen molar-refractivity contribution in [2.75, 3.05) is 10.6 Å². The molecule has 0 spiro atoms. The van der Waals surface area contributed by atoms with E-state index < -0.39 is 11.9 Å². The lowest BCUT2D eigenvalue weighted by Gasteiger charge is -2.08. The Hall–Kier alpha value is -8.35. The molecule has 0 fully saturated rings. The van der Waals surface area contributed by atoms with Crippen LogP contribution in [-0.2, 0) is 0 Å². The second-order valence-corrected chi connectivity index (χ2v) is 13.4. The average molecular weight is 765 g/mol. The van der Waals surface area contributed by atoms with Crippen LogP contribution in [0.1, 0.15) is 59.2 Å². The lowest BCUT2D eigenvalue weighted by Crippen LogP contribution is -2.15. The zero-order valence-electron chi connectivity index (χ0n) is 31.3. The maximum absolute atomic E-state index is 12.8. The summed E-state index contributed by atoms with van der Waals surface area (Å²) < 4.78 is 10.6. The van der Waals surface area contributed by atoms with Crippen LogP contribution in [0.3, 0.4) is 0 Å². The molecule has 12 heteroatoms. The van der Waals surface area contributed by atoms with E-state index in [1.807, 2.05) is 93.6 Å². The van der Waals surface area contributed by atoms with Gasteiger partial charge in [-0.3, -0.25) is 9.59 Å². The van der Waals surface area contributed by atoms with Crippen LogP contribution in [0, 0.1) is 43.4 Å². The number of benzene rings is 6. The average Bonchev–Trinajstić information content (AvgIpc) is 3.87. The van der Waals surface area contributed by atoms with Crippen LogP contribution in [0.4, 0.5) is 11.4 Å². The van der Waals surface area contributed by atoms with Gasteiger partial charge in [0.15, 0.2) is 22.6 Å². The molecule has 2 aromatic heterocycles. The lowest BCUT2D eigenvalue weighted by molar-refractivity contribution is 0.0697. The Morgan fingerprint density at radius 3 is 1.43 bits per heavy atom. The number of carboxylic acid groups (broad SMARTS) is 1. The molecule has 8 rings (SSSR count). The third kappa shape index (κ3) is 8.03. The molecule has 2 amide bonds. The van der Waals surface area contributed by atoms with Crippen molar-refractivity contribution >= 4 is 51.1 Å². The number of rotatable bonds is 7. The van der Waals surface area contributed by atoms with Crippen LogP contribution < -0.4 is 10.6 Å². The van der Waals surface area contributed by atoms with Gasteiger partial charge in [0.2, 0.25) is 0 Å².